The molecule has 1 aliphatic rings. The average Bonchev–Trinajstić information content (AvgIpc) is 2.50. The van der Waals surface area contributed by atoms with Crippen molar-refractivity contribution in [1.82, 2.24) is 9.80 Å². The Labute approximate surface area is 128 Å². The monoisotopic (exact) mass is 289 g/mol. The Hall–Kier alpha value is -1.55. The summed E-state index contributed by atoms with van der Waals surface area (Å²) < 4.78 is 0. The van der Waals surface area contributed by atoms with Crippen LogP contribution in [0.5, 0.6) is 0 Å². The van der Waals surface area contributed by atoms with Crippen molar-refractivity contribution in [1.29, 1.82) is 0 Å². The topological polar surface area (TPSA) is 35.6 Å². The van der Waals surface area contributed by atoms with Crippen LogP contribution in [-0.2, 0) is 11.2 Å². The highest BCUT2D eigenvalue weighted by molar-refractivity contribution is 5.78. The maximum atomic E-state index is 11.7. The fourth-order valence-corrected chi connectivity index (χ4v) is 2.68. The Morgan fingerprint density at radius 3 is 2.38 bits per heavy atom. The highest BCUT2D eigenvalue weighted by Crippen LogP contribution is 2.17. The Morgan fingerprint density at radius 1 is 1.24 bits per heavy atom. The van der Waals surface area contributed by atoms with E-state index in [4.69, 9.17) is 0 Å². The van der Waals surface area contributed by atoms with E-state index in [1.807, 2.05) is 12.1 Å². The van der Waals surface area contributed by atoms with Crippen LogP contribution in [0.15, 0.2) is 24.3 Å². The number of amides is 1. The minimum atomic E-state index is 0.141. The first-order valence-corrected chi connectivity index (χ1v) is 7.86. The Morgan fingerprint density at radius 2 is 1.86 bits per heavy atom. The van der Waals surface area contributed by atoms with Gasteiger partial charge in [-0.05, 0) is 37.1 Å². The second-order valence-electron chi connectivity index (χ2n) is 6.01. The van der Waals surface area contributed by atoms with Crippen molar-refractivity contribution in [3.05, 3.63) is 29.8 Å². The smallest absolute Gasteiger partial charge is 0.226 e. The first-order chi connectivity index (χ1) is 10.1. The summed E-state index contributed by atoms with van der Waals surface area (Å²) in [6.45, 7) is 5.75. The molecule has 0 unspecified atom stereocenters. The molecule has 0 saturated carbocycles. The van der Waals surface area contributed by atoms with Crippen LogP contribution in [0.25, 0.3) is 0 Å². The van der Waals surface area contributed by atoms with Gasteiger partial charge in [0.2, 0.25) is 5.91 Å². The van der Waals surface area contributed by atoms with Gasteiger partial charge in [0.25, 0.3) is 0 Å². The lowest BCUT2D eigenvalue weighted by Gasteiger charge is -2.32. The van der Waals surface area contributed by atoms with Gasteiger partial charge in [-0.1, -0.05) is 19.1 Å². The van der Waals surface area contributed by atoms with Crippen molar-refractivity contribution < 1.29 is 4.79 Å². The molecule has 0 aliphatic carbocycles. The predicted octanol–water partition coefficient (Wildman–Crippen LogP) is 2.21. The number of likely N-dealkylation sites (N-methyl/N-ethyl adjacent to an activating group) is 1. The molecule has 1 aromatic carbocycles. The zero-order chi connectivity index (χ0) is 15.2. The fraction of sp³-hybridized carbons (Fsp3) is 0.588. The van der Waals surface area contributed by atoms with Crippen molar-refractivity contribution in [2.45, 2.75) is 32.2 Å². The summed E-state index contributed by atoms with van der Waals surface area (Å²) in [5, 5.41) is 3.61. The number of hydrogen-bond donors (Lipinski definition) is 1. The van der Waals surface area contributed by atoms with Crippen LogP contribution in [0.4, 0.5) is 5.69 Å². The van der Waals surface area contributed by atoms with Gasteiger partial charge in [-0.15, -0.1) is 0 Å². The molecule has 0 spiro atoms. The molecular formula is C17H27N3O. The van der Waals surface area contributed by atoms with Crippen LogP contribution in [0.2, 0.25) is 0 Å². The van der Waals surface area contributed by atoms with E-state index in [0.29, 0.717) is 12.5 Å². The summed E-state index contributed by atoms with van der Waals surface area (Å²) in [7, 11) is 3.59. The fourth-order valence-electron chi connectivity index (χ4n) is 2.68. The number of likely N-dealkylation sites (tertiary alicyclic amines) is 1. The summed E-state index contributed by atoms with van der Waals surface area (Å²) in [5.41, 5.74) is 2.23. The van der Waals surface area contributed by atoms with Crippen LogP contribution >= 0.6 is 0 Å². The lowest BCUT2D eigenvalue weighted by atomic mass is 10.0. The van der Waals surface area contributed by atoms with Crippen molar-refractivity contribution in [3.8, 4) is 0 Å². The highest BCUT2D eigenvalue weighted by Gasteiger charge is 2.17. The van der Waals surface area contributed by atoms with Crippen LogP contribution in [0.3, 0.4) is 0 Å². The van der Waals surface area contributed by atoms with Gasteiger partial charge in [0.15, 0.2) is 0 Å². The summed E-state index contributed by atoms with van der Waals surface area (Å²) in [5.74, 6) is 0.141. The molecule has 1 heterocycles. The molecule has 116 valence electrons. The predicted molar refractivity (Wildman–Crippen MR) is 87.6 cm³/mol. The number of rotatable bonds is 5. The van der Waals surface area contributed by atoms with E-state index in [2.05, 4.69) is 29.3 Å². The first-order valence-electron chi connectivity index (χ1n) is 7.86. The van der Waals surface area contributed by atoms with Gasteiger partial charge < -0.3 is 15.1 Å². The number of nitrogens with zero attached hydrogens (tertiary/aromatic N) is 2. The molecular weight excluding hydrogens is 262 g/mol. The van der Waals surface area contributed by atoms with Crippen LogP contribution < -0.4 is 5.32 Å². The molecule has 4 nitrogen and oxygen atoms in total. The van der Waals surface area contributed by atoms with Crippen LogP contribution in [0.1, 0.15) is 25.3 Å². The molecule has 2 rings (SSSR count). The van der Waals surface area contributed by atoms with Gasteiger partial charge in [0.1, 0.15) is 0 Å². The van der Waals surface area contributed by atoms with E-state index in [1.54, 1.807) is 19.0 Å². The number of hydrogen-bond acceptors (Lipinski definition) is 3. The van der Waals surface area contributed by atoms with Gasteiger partial charge in [-0.2, -0.15) is 0 Å². The quantitative estimate of drug-likeness (QED) is 0.903. The molecule has 0 aromatic heterocycles. The van der Waals surface area contributed by atoms with Crippen molar-refractivity contribution in [2.75, 3.05) is 39.0 Å². The largest absolute Gasteiger partial charge is 0.382 e. The second-order valence-corrected chi connectivity index (χ2v) is 6.01. The van der Waals surface area contributed by atoms with E-state index in [0.717, 1.165) is 17.8 Å². The molecule has 1 aromatic rings. The van der Waals surface area contributed by atoms with Gasteiger partial charge >= 0.3 is 0 Å². The molecule has 21 heavy (non-hydrogen) atoms. The standard InChI is InChI=1S/C17H27N3O/c1-4-20-11-9-16(10-12-20)18-15-7-5-14(6-8-15)13-17(21)19(2)3/h5-8,16,18H,4,9-13H2,1-3H3. The van der Waals surface area contributed by atoms with E-state index in [9.17, 15) is 4.79 Å². The molecule has 0 radical (unpaired) electrons. The highest BCUT2D eigenvalue weighted by atomic mass is 16.2. The number of anilines is 1. The summed E-state index contributed by atoms with van der Waals surface area (Å²) >= 11 is 0. The summed E-state index contributed by atoms with van der Waals surface area (Å²) in [6, 6.07) is 8.84. The summed E-state index contributed by atoms with van der Waals surface area (Å²) in [4.78, 5) is 15.8. The van der Waals surface area contributed by atoms with Crippen molar-refractivity contribution in [2.24, 2.45) is 0 Å². The Balaban J connectivity index is 1.84. The van der Waals surface area contributed by atoms with Gasteiger partial charge in [0.05, 0.1) is 6.42 Å². The third-order valence-corrected chi connectivity index (χ3v) is 4.21. The normalized spacial score (nSPS) is 16.7. The molecule has 1 aliphatic heterocycles. The first kappa shape index (κ1) is 15.8. The van der Waals surface area contributed by atoms with Crippen LogP contribution in [-0.4, -0.2) is 55.5 Å². The average molecular weight is 289 g/mol. The van der Waals surface area contributed by atoms with E-state index >= 15 is 0 Å². The molecule has 1 fully saturated rings. The number of benzene rings is 1. The van der Waals surface area contributed by atoms with Gasteiger partial charge in [-0.3, -0.25) is 4.79 Å². The number of nitrogens with one attached hydrogen (secondary N) is 1. The van der Waals surface area contributed by atoms with Crippen molar-refractivity contribution in [3.63, 3.8) is 0 Å². The lowest BCUT2D eigenvalue weighted by Crippen LogP contribution is -2.38. The van der Waals surface area contributed by atoms with Crippen LogP contribution in [0, 0.1) is 0 Å². The second kappa shape index (κ2) is 7.46. The molecule has 4 heteroatoms. The van der Waals surface area contributed by atoms with Crippen molar-refractivity contribution >= 4 is 11.6 Å². The number of piperidine rings is 1. The molecule has 1 amide bonds. The number of carbonyl (C=O) groups excluding carboxylic acids is 1. The third kappa shape index (κ3) is 4.74. The zero-order valence-corrected chi connectivity index (χ0v) is 13.4. The lowest BCUT2D eigenvalue weighted by molar-refractivity contribution is -0.127. The Kier molecular flexibility index (Phi) is 5.62. The molecule has 1 N–H and O–H groups in total. The molecule has 0 bridgehead atoms. The van der Waals surface area contributed by atoms with Gasteiger partial charge in [0, 0.05) is 38.9 Å². The minimum Gasteiger partial charge on any atom is -0.382 e. The van der Waals surface area contributed by atoms with E-state index in [-0.39, 0.29) is 5.91 Å². The maximum Gasteiger partial charge on any atom is 0.226 e. The Bertz CT molecular complexity index is 448. The molecule has 1 saturated heterocycles. The summed E-state index contributed by atoms with van der Waals surface area (Å²) in [6.07, 6.45) is 2.88. The maximum absolute atomic E-state index is 11.7. The van der Waals surface area contributed by atoms with Gasteiger partial charge in [-0.25, -0.2) is 0 Å². The number of carbonyl (C=O) groups is 1. The molecule has 0 atom stereocenters. The SMILES string of the molecule is CCN1CCC(Nc2ccc(CC(=O)N(C)C)cc2)CC1. The van der Waals surface area contributed by atoms with E-state index < -0.39 is 0 Å². The third-order valence-electron chi connectivity index (χ3n) is 4.21. The van der Waals surface area contributed by atoms with E-state index in [1.165, 1.54) is 25.9 Å². The minimum absolute atomic E-state index is 0.141. The zero-order valence-electron chi connectivity index (χ0n) is 13.4.